The summed E-state index contributed by atoms with van der Waals surface area (Å²) >= 11 is 0. The number of halogens is 3. The van der Waals surface area contributed by atoms with Gasteiger partial charge < -0.3 is 10.6 Å². The smallest absolute Gasteiger partial charge is 0.329 e. The summed E-state index contributed by atoms with van der Waals surface area (Å²) in [6, 6.07) is -0.709. The largest absolute Gasteiger partial charge is 0.524 e. The first kappa shape index (κ1) is 8.12. The Morgan fingerprint density at radius 3 is 2.55 bits per heavy atom. The van der Waals surface area contributed by atoms with Crippen molar-refractivity contribution in [1.29, 1.82) is 0 Å². The molecule has 0 bridgehead atoms. The van der Waals surface area contributed by atoms with Crippen LogP contribution in [0.1, 0.15) is 0 Å². The molecule has 1 heterocycles. The predicted octanol–water partition coefficient (Wildman–Crippen LogP) is 0.323. The Balaban J connectivity index is 2.34. The highest BCUT2D eigenvalue weighted by molar-refractivity contribution is 5.77. The molecule has 0 saturated carbocycles. The predicted molar refractivity (Wildman–Crippen MR) is 26.9 cm³/mol. The van der Waals surface area contributed by atoms with Gasteiger partial charge in [0.1, 0.15) is 6.54 Å². The maximum atomic E-state index is 11.4. The van der Waals surface area contributed by atoms with Crippen molar-refractivity contribution in [2.45, 2.75) is 12.6 Å². The number of urea groups is 1. The topological polar surface area (TPSA) is 50.4 Å². The van der Waals surface area contributed by atoms with E-state index >= 15 is 0 Å². The van der Waals surface area contributed by atoms with Gasteiger partial charge in [-0.3, -0.25) is 4.74 Å². The van der Waals surface area contributed by atoms with Gasteiger partial charge in [0.15, 0.2) is 6.23 Å². The number of rotatable bonds is 1. The summed E-state index contributed by atoms with van der Waals surface area (Å²) in [4.78, 5) is 10.2. The molecule has 1 saturated heterocycles. The summed E-state index contributed by atoms with van der Waals surface area (Å²) in [5.41, 5.74) is 0. The Kier molecular flexibility index (Phi) is 1.90. The lowest BCUT2D eigenvalue weighted by molar-refractivity contribution is -0.339. The van der Waals surface area contributed by atoms with Gasteiger partial charge in [-0.25, -0.2) is 4.79 Å². The van der Waals surface area contributed by atoms with Crippen LogP contribution in [0.2, 0.25) is 0 Å². The molecule has 0 spiro atoms. The van der Waals surface area contributed by atoms with Gasteiger partial charge in [0.2, 0.25) is 0 Å². The van der Waals surface area contributed by atoms with E-state index in [1.807, 2.05) is 10.6 Å². The van der Waals surface area contributed by atoms with E-state index in [0.717, 1.165) is 6.54 Å². The minimum atomic E-state index is -4.74. The second-order valence-electron chi connectivity index (χ2n) is 1.77. The zero-order chi connectivity index (χ0) is 8.48. The van der Waals surface area contributed by atoms with Crippen LogP contribution < -0.4 is 10.6 Å². The molecule has 1 atom stereocenters. The van der Waals surface area contributed by atoms with Gasteiger partial charge >= 0.3 is 12.4 Å². The molecule has 63 valence electrons. The van der Waals surface area contributed by atoms with Crippen molar-refractivity contribution in [3.05, 3.63) is 6.54 Å². The summed E-state index contributed by atoms with van der Waals surface area (Å²) in [6.07, 6.45) is -6.16. The number of nitrogens with one attached hydrogen (secondary N) is 2. The number of hydrogen-bond donors (Lipinski definition) is 2. The Bertz CT molecular complexity index is 169. The molecule has 0 aromatic heterocycles. The highest BCUT2D eigenvalue weighted by Crippen LogP contribution is 2.19. The van der Waals surface area contributed by atoms with Crippen molar-refractivity contribution >= 4 is 6.03 Å². The number of amides is 2. The van der Waals surface area contributed by atoms with Crippen molar-refractivity contribution in [1.82, 2.24) is 10.6 Å². The van der Waals surface area contributed by atoms with Crippen molar-refractivity contribution < 1.29 is 22.7 Å². The first-order chi connectivity index (χ1) is 4.97. The van der Waals surface area contributed by atoms with Crippen LogP contribution in [0, 0.1) is 6.54 Å². The third kappa shape index (κ3) is 2.62. The maximum Gasteiger partial charge on any atom is 0.524 e. The van der Waals surface area contributed by atoms with Gasteiger partial charge in [-0.2, -0.15) is 0 Å². The molecule has 0 aliphatic carbocycles. The minimum Gasteiger partial charge on any atom is -0.329 e. The second-order valence-corrected chi connectivity index (χ2v) is 1.77. The van der Waals surface area contributed by atoms with Gasteiger partial charge in [0.05, 0.1) is 0 Å². The number of hydrogen-bond acceptors (Lipinski definition) is 2. The third-order valence-electron chi connectivity index (χ3n) is 0.900. The second kappa shape index (κ2) is 2.57. The standard InChI is InChI=1S/C4H4F3N2O2/c5-4(6,7)11-2-1-8-3(10)9-2/h1-2H,(H2,8,9,10). The van der Waals surface area contributed by atoms with E-state index < -0.39 is 18.6 Å². The van der Waals surface area contributed by atoms with E-state index in [1.54, 1.807) is 0 Å². The van der Waals surface area contributed by atoms with Gasteiger partial charge in [-0.1, -0.05) is 0 Å². The van der Waals surface area contributed by atoms with E-state index in [4.69, 9.17) is 0 Å². The molecular weight excluding hydrogens is 165 g/mol. The molecule has 0 aromatic rings. The fourth-order valence-corrected chi connectivity index (χ4v) is 0.571. The lowest BCUT2D eigenvalue weighted by atomic mass is 10.6. The summed E-state index contributed by atoms with van der Waals surface area (Å²) in [5, 5.41) is 3.85. The molecule has 1 fully saturated rings. The molecule has 1 rings (SSSR count). The first-order valence-corrected chi connectivity index (χ1v) is 2.62. The van der Waals surface area contributed by atoms with Crippen LogP contribution in [0.5, 0.6) is 0 Å². The SMILES string of the molecule is O=C1N[CH]C(OC(F)(F)F)N1. The molecule has 1 aliphatic rings. The van der Waals surface area contributed by atoms with Crippen LogP contribution in [-0.2, 0) is 4.74 Å². The van der Waals surface area contributed by atoms with Crippen molar-refractivity contribution in [2.75, 3.05) is 0 Å². The molecule has 2 N–H and O–H groups in total. The minimum absolute atomic E-state index is 0.709. The van der Waals surface area contributed by atoms with Crippen LogP contribution in [0.15, 0.2) is 0 Å². The summed E-state index contributed by atoms with van der Waals surface area (Å²) < 4.78 is 37.7. The third-order valence-corrected chi connectivity index (χ3v) is 0.900. The van der Waals surface area contributed by atoms with Crippen molar-refractivity contribution in [2.24, 2.45) is 0 Å². The Labute approximate surface area is 59.7 Å². The van der Waals surface area contributed by atoms with E-state index in [2.05, 4.69) is 4.74 Å². The zero-order valence-electron chi connectivity index (χ0n) is 5.11. The summed E-state index contributed by atoms with van der Waals surface area (Å²) in [5.74, 6) is 0. The lowest BCUT2D eigenvalue weighted by Crippen LogP contribution is -2.33. The van der Waals surface area contributed by atoms with Crippen LogP contribution in [0.3, 0.4) is 0 Å². The highest BCUT2D eigenvalue weighted by Gasteiger charge is 2.36. The molecular formula is C4H4F3N2O2. The number of carbonyl (C=O) groups is 1. The van der Waals surface area contributed by atoms with Gasteiger partial charge in [-0.05, 0) is 0 Å². The quantitative estimate of drug-likeness (QED) is 0.594. The van der Waals surface area contributed by atoms with Crippen LogP contribution in [0.25, 0.3) is 0 Å². The van der Waals surface area contributed by atoms with Crippen LogP contribution >= 0.6 is 0 Å². The van der Waals surface area contributed by atoms with E-state index in [-0.39, 0.29) is 0 Å². The summed E-state index contributed by atoms with van der Waals surface area (Å²) in [7, 11) is 0. The Morgan fingerprint density at radius 1 is 1.55 bits per heavy atom. The Hall–Kier alpha value is -0.980. The fourth-order valence-electron chi connectivity index (χ4n) is 0.571. The molecule has 11 heavy (non-hydrogen) atoms. The molecule has 1 unspecified atom stereocenters. The number of carbonyl (C=O) groups excluding carboxylic acids is 1. The molecule has 7 heteroatoms. The summed E-state index contributed by atoms with van der Waals surface area (Å²) in [6.45, 7) is 0.871. The fraction of sp³-hybridized carbons (Fsp3) is 0.500. The van der Waals surface area contributed by atoms with Gasteiger partial charge in [-0.15, -0.1) is 13.2 Å². The lowest BCUT2D eigenvalue weighted by Gasteiger charge is -2.11. The van der Waals surface area contributed by atoms with Gasteiger partial charge in [0, 0.05) is 0 Å². The van der Waals surface area contributed by atoms with Crippen LogP contribution in [0.4, 0.5) is 18.0 Å². The maximum absolute atomic E-state index is 11.4. The van der Waals surface area contributed by atoms with Gasteiger partial charge in [0.25, 0.3) is 0 Å². The average molecular weight is 169 g/mol. The molecule has 1 radical (unpaired) electrons. The van der Waals surface area contributed by atoms with E-state index in [1.165, 1.54) is 0 Å². The molecule has 1 aliphatic heterocycles. The van der Waals surface area contributed by atoms with Crippen molar-refractivity contribution in [3.63, 3.8) is 0 Å². The number of alkyl halides is 3. The number of ether oxygens (including phenoxy) is 1. The first-order valence-electron chi connectivity index (χ1n) is 2.62. The molecule has 0 aromatic carbocycles. The average Bonchev–Trinajstić information content (AvgIpc) is 2.10. The highest BCUT2D eigenvalue weighted by atomic mass is 19.4. The van der Waals surface area contributed by atoms with Crippen molar-refractivity contribution in [3.8, 4) is 0 Å². The monoisotopic (exact) mass is 169 g/mol. The zero-order valence-corrected chi connectivity index (χ0v) is 5.11. The van der Waals surface area contributed by atoms with E-state index in [0.29, 0.717) is 0 Å². The molecule has 4 nitrogen and oxygen atoms in total. The normalized spacial score (nSPS) is 24.6. The molecule has 2 amide bonds. The Morgan fingerprint density at radius 2 is 2.18 bits per heavy atom. The van der Waals surface area contributed by atoms with E-state index in [9.17, 15) is 18.0 Å². The van der Waals surface area contributed by atoms with Crippen LogP contribution in [-0.4, -0.2) is 18.6 Å².